The summed E-state index contributed by atoms with van der Waals surface area (Å²) in [4.78, 5) is 33.9. The lowest BCUT2D eigenvalue weighted by molar-refractivity contribution is -0.118. The van der Waals surface area contributed by atoms with Crippen LogP contribution in [0.1, 0.15) is 18.4 Å². The van der Waals surface area contributed by atoms with E-state index in [1.54, 1.807) is 30.3 Å². The van der Waals surface area contributed by atoms with Crippen LogP contribution in [0.3, 0.4) is 0 Å². The summed E-state index contributed by atoms with van der Waals surface area (Å²) in [5, 5.41) is 5.97. The number of rotatable bonds is 8. The Morgan fingerprint density at radius 3 is 3.03 bits per heavy atom. The number of ether oxygens (including phenoxy) is 3. The van der Waals surface area contributed by atoms with E-state index in [0.717, 1.165) is 6.42 Å². The second kappa shape index (κ2) is 9.71. The van der Waals surface area contributed by atoms with Crippen molar-refractivity contribution in [2.45, 2.75) is 25.5 Å². The number of amides is 2. The van der Waals surface area contributed by atoms with Gasteiger partial charge in [0, 0.05) is 23.9 Å². The number of hydrogen-bond acceptors (Lipinski definition) is 8. The third-order valence-electron chi connectivity index (χ3n) is 5.91. The molecule has 5 rings (SSSR count). The first-order chi connectivity index (χ1) is 17.0. The van der Waals surface area contributed by atoms with Crippen LogP contribution in [0, 0.1) is 5.82 Å². The maximum atomic E-state index is 14.4. The number of nitrogens with one attached hydrogen (secondary N) is 2. The normalized spacial score (nSPS) is 17.1. The Kier molecular flexibility index (Phi) is 6.32. The molecule has 2 aliphatic heterocycles. The highest BCUT2D eigenvalue weighted by atomic mass is 19.1. The average molecular weight is 481 g/mol. The quantitative estimate of drug-likeness (QED) is 0.472. The number of carbonyl (C=O) groups is 2. The molecule has 3 aromatic rings. The molecule has 11 heteroatoms. The van der Waals surface area contributed by atoms with Crippen molar-refractivity contribution in [3.63, 3.8) is 0 Å². The molecule has 1 fully saturated rings. The highest BCUT2D eigenvalue weighted by molar-refractivity contribution is 5.97. The van der Waals surface area contributed by atoms with E-state index in [1.165, 1.54) is 18.2 Å². The molecule has 0 unspecified atom stereocenters. The summed E-state index contributed by atoms with van der Waals surface area (Å²) in [6.07, 6.45) is 1.86. The van der Waals surface area contributed by atoms with Gasteiger partial charge >= 0.3 is 6.09 Å². The van der Waals surface area contributed by atoms with Crippen LogP contribution in [0.25, 0.3) is 11.0 Å². The van der Waals surface area contributed by atoms with Gasteiger partial charge in [-0.3, -0.25) is 14.7 Å². The van der Waals surface area contributed by atoms with E-state index in [-0.39, 0.29) is 25.2 Å². The van der Waals surface area contributed by atoms with E-state index in [4.69, 9.17) is 14.2 Å². The number of cyclic esters (lactones) is 1. The molecule has 0 saturated carbocycles. The van der Waals surface area contributed by atoms with Gasteiger partial charge in [0.05, 0.1) is 31.1 Å². The molecule has 1 aromatic carbocycles. The van der Waals surface area contributed by atoms with Crippen LogP contribution in [0.2, 0.25) is 0 Å². The summed E-state index contributed by atoms with van der Waals surface area (Å²) >= 11 is 0. The van der Waals surface area contributed by atoms with Crippen LogP contribution in [-0.4, -0.2) is 54.9 Å². The zero-order chi connectivity index (χ0) is 24.4. The number of methoxy groups -OCH3 is 1. The Balaban J connectivity index is 1.14. The number of hydrogen-bond donors (Lipinski definition) is 2. The molecule has 35 heavy (non-hydrogen) atoms. The van der Waals surface area contributed by atoms with Gasteiger partial charge in [-0.1, -0.05) is 0 Å². The Hall–Kier alpha value is -3.99. The van der Waals surface area contributed by atoms with Crippen molar-refractivity contribution in [3.05, 3.63) is 47.9 Å². The molecule has 0 spiro atoms. The second-order valence-electron chi connectivity index (χ2n) is 8.26. The van der Waals surface area contributed by atoms with Crippen LogP contribution >= 0.6 is 0 Å². The highest BCUT2D eigenvalue weighted by Crippen LogP contribution is 2.33. The molecule has 2 N–H and O–H groups in total. The molecule has 0 radical (unpaired) electrons. The Morgan fingerprint density at radius 2 is 2.17 bits per heavy atom. The lowest BCUT2D eigenvalue weighted by Crippen LogP contribution is -2.27. The van der Waals surface area contributed by atoms with Crippen molar-refractivity contribution in [2.24, 2.45) is 0 Å². The summed E-state index contributed by atoms with van der Waals surface area (Å²) in [6.45, 7) is 1.26. The molecular weight excluding hydrogens is 457 g/mol. The van der Waals surface area contributed by atoms with Gasteiger partial charge in [0.1, 0.15) is 23.2 Å². The first kappa shape index (κ1) is 22.8. The third kappa shape index (κ3) is 4.80. The molecule has 2 amide bonds. The SMILES string of the molecule is COc1ccc2ncc(F)c(CNCCC[C@H]3CN(c4ccc5c(c4)NC(=O)CO5)C(=O)O3)c2n1. The van der Waals surface area contributed by atoms with Crippen LogP contribution < -0.4 is 25.0 Å². The number of benzene rings is 1. The molecule has 2 aromatic heterocycles. The van der Waals surface area contributed by atoms with Gasteiger partial charge < -0.3 is 24.8 Å². The zero-order valence-corrected chi connectivity index (χ0v) is 19.0. The van der Waals surface area contributed by atoms with E-state index in [0.29, 0.717) is 59.1 Å². The average Bonchev–Trinajstić information content (AvgIpc) is 3.24. The van der Waals surface area contributed by atoms with Crippen LogP contribution in [0.4, 0.5) is 20.6 Å². The number of carbonyl (C=O) groups excluding carboxylic acids is 2. The minimum Gasteiger partial charge on any atom is -0.482 e. The van der Waals surface area contributed by atoms with Gasteiger partial charge in [0.25, 0.3) is 5.91 Å². The number of anilines is 2. The summed E-state index contributed by atoms with van der Waals surface area (Å²) in [5.74, 6) is 0.291. The van der Waals surface area contributed by atoms with Gasteiger partial charge in [-0.25, -0.2) is 14.2 Å². The fourth-order valence-corrected chi connectivity index (χ4v) is 4.15. The van der Waals surface area contributed by atoms with Gasteiger partial charge in [0.2, 0.25) is 5.88 Å². The van der Waals surface area contributed by atoms with Crippen LogP contribution in [-0.2, 0) is 16.1 Å². The summed E-state index contributed by atoms with van der Waals surface area (Å²) in [6, 6.07) is 8.62. The highest BCUT2D eigenvalue weighted by Gasteiger charge is 2.32. The predicted molar refractivity (Wildman–Crippen MR) is 125 cm³/mol. The maximum Gasteiger partial charge on any atom is 0.414 e. The van der Waals surface area contributed by atoms with E-state index in [1.807, 2.05) is 0 Å². The zero-order valence-electron chi connectivity index (χ0n) is 19.0. The van der Waals surface area contributed by atoms with Crippen molar-refractivity contribution in [3.8, 4) is 11.6 Å². The molecular formula is C24H24FN5O5. The fraction of sp³-hybridized carbons (Fsp3) is 0.333. The van der Waals surface area contributed by atoms with Gasteiger partial charge in [-0.15, -0.1) is 0 Å². The Bertz CT molecular complexity index is 1290. The smallest absolute Gasteiger partial charge is 0.414 e. The molecule has 4 heterocycles. The summed E-state index contributed by atoms with van der Waals surface area (Å²) < 4.78 is 30.4. The summed E-state index contributed by atoms with van der Waals surface area (Å²) in [7, 11) is 1.51. The number of pyridine rings is 2. The molecule has 182 valence electrons. The van der Waals surface area contributed by atoms with E-state index < -0.39 is 11.9 Å². The van der Waals surface area contributed by atoms with Gasteiger partial charge in [-0.05, 0) is 43.7 Å². The minimum atomic E-state index is -0.434. The number of halogens is 1. The van der Waals surface area contributed by atoms with Gasteiger partial charge in [0.15, 0.2) is 6.61 Å². The van der Waals surface area contributed by atoms with E-state index in [9.17, 15) is 14.0 Å². The summed E-state index contributed by atoms with van der Waals surface area (Å²) in [5.41, 5.74) is 2.64. The van der Waals surface area contributed by atoms with Crippen molar-refractivity contribution < 1.29 is 28.2 Å². The molecule has 1 saturated heterocycles. The van der Waals surface area contributed by atoms with E-state index in [2.05, 4.69) is 20.6 Å². The van der Waals surface area contributed by atoms with E-state index >= 15 is 0 Å². The Morgan fingerprint density at radius 1 is 1.29 bits per heavy atom. The molecule has 0 aliphatic carbocycles. The molecule has 10 nitrogen and oxygen atoms in total. The molecule has 2 aliphatic rings. The Labute approximate surface area is 200 Å². The monoisotopic (exact) mass is 481 g/mol. The number of aromatic nitrogens is 2. The topological polar surface area (TPSA) is 115 Å². The standard InChI is InChI=1S/C24H24FN5O5/c1-33-22-7-5-18-23(29-22)16(17(25)11-27-18)10-26-8-2-3-15-12-30(24(32)35-15)14-4-6-20-19(9-14)28-21(31)13-34-20/h4-7,9,11,15,26H,2-3,8,10,12-13H2,1H3,(H,28,31)/t15-/m0/s1. The third-order valence-corrected chi connectivity index (χ3v) is 5.91. The van der Waals surface area contributed by atoms with Crippen molar-refractivity contribution >= 4 is 34.4 Å². The molecule has 1 atom stereocenters. The van der Waals surface area contributed by atoms with Crippen LogP contribution in [0.5, 0.6) is 11.6 Å². The predicted octanol–water partition coefficient (Wildman–Crippen LogP) is 3.00. The van der Waals surface area contributed by atoms with Gasteiger partial charge in [-0.2, -0.15) is 0 Å². The first-order valence-corrected chi connectivity index (χ1v) is 11.3. The second-order valence-corrected chi connectivity index (χ2v) is 8.26. The minimum absolute atomic E-state index is 0.0249. The molecule has 0 bridgehead atoms. The first-order valence-electron chi connectivity index (χ1n) is 11.3. The van der Waals surface area contributed by atoms with Crippen LogP contribution in [0.15, 0.2) is 36.5 Å². The number of nitrogens with zero attached hydrogens (tertiary/aromatic N) is 3. The van der Waals surface area contributed by atoms with Crippen molar-refractivity contribution in [2.75, 3.05) is 37.0 Å². The van der Waals surface area contributed by atoms with Crippen molar-refractivity contribution in [1.29, 1.82) is 0 Å². The fourth-order valence-electron chi connectivity index (χ4n) is 4.15. The number of fused-ring (bicyclic) bond motifs is 2. The van der Waals surface area contributed by atoms with Crippen molar-refractivity contribution in [1.82, 2.24) is 15.3 Å². The maximum absolute atomic E-state index is 14.4. The lowest BCUT2D eigenvalue weighted by Gasteiger charge is -2.20. The lowest BCUT2D eigenvalue weighted by atomic mass is 10.1. The largest absolute Gasteiger partial charge is 0.482 e.